The molecule has 2 heteroatoms. The van der Waals surface area contributed by atoms with Gasteiger partial charge in [0.25, 0.3) is 0 Å². The van der Waals surface area contributed by atoms with Crippen molar-refractivity contribution in [3.63, 3.8) is 0 Å². The fraction of sp³-hybridized carbons (Fsp3) is 0.636. The second-order valence-electron chi connectivity index (χ2n) is 4.17. The van der Waals surface area contributed by atoms with Crippen LogP contribution < -0.4 is 5.73 Å². The van der Waals surface area contributed by atoms with Crippen molar-refractivity contribution in [1.82, 2.24) is 0 Å². The van der Waals surface area contributed by atoms with Crippen LogP contribution in [0.25, 0.3) is 0 Å². The number of hydrogen-bond acceptors (Lipinski definition) is 2. The Kier molecular flexibility index (Phi) is 2.70. The molecule has 0 saturated heterocycles. The molecule has 2 rings (SSSR count). The fourth-order valence-electron chi connectivity index (χ4n) is 1.95. The summed E-state index contributed by atoms with van der Waals surface area (Å²) in [5, 5.41) is 4.43. The maximum atomic E-state index is 5.61. The first-order chi connectivity index (χ1) is 6.35. The van der Waals surface area contributed by atoms with E-state index in [9.17, 15) is 0 Å². The zero-order valence-electron chi connectivity index (χ0n) is 7.96. The van der Waals surface area contributed by atoms with Gasteiger partial charge in [-0.25, -0.2) is 0 Å². The van der Waals surface area contributed by atoms with Crippen LogP contribution in [0, 0.1) is 5.41 Å². The standard InChI is InChI=1S/C11H17NS/c12-7-6-11(4-5-11)3-1-10-2-8-13-9-10/h2,8-9H,1,3-7,12H2. The van der Waals surface area contributed by atoms with E-state index in [0.717, 1.165) is 6.54 Å². The molecule has 1 aromatic heterocycles. The van der Waals surface area contributed by atoms with Gasteiger partial charge >= 0.3 is 0 Å². The second-order valence-corrected chi connectivity index (χ2v) is 4.95. The number of thiophene rings is 1. The summed E-state index contributed by atoms with van der Waals surface area (Å²) in [6, 6.07) is 2.24. The van der Waals surface area contributed by atoms with Crippen molar-refractivity contribution >= 4 is 11.3 Å². The molecule has 0 aliphatic heterocycles. The summed E-state index contributed by atoms with van der Waals surface area (Å²) in [6.07, 6.45) is 6.66. The summed E-state index contributed by atoms with van der Waals surface area (Å²) < 4.78 is 0. The maximum absolute atomic E-state index is 5.61. The lowest BCUT2D eigenvalue weighted by atomic mass is 9.94. The monoisotopic (exact) mass is 195 g/mol. The molecular formula is C11H17NS. The Morgan fingerprint density at radius 1 is 1.38 bits per heavy atom. The van der Waals surface area contributed by atoms with Gasteiger partial charge in [0, 0.05) is 0 Å². The van der Waals surface area contributed by atoms with Crippen molar-refractivity contribution in [1.29, 1.82) is 0 Å². The lowest BCUT2D eigenvalue weighted by molar-refractivity contribution is 0.436. The quantitative estimate of drug-likeness (QED) is 0.768. The Morgan fingerprint density at radius 2 is 2.23 bits per heavy atom. The zero-order valence-corrected chi connectivity index (χ0v) is 8.78. The molecule has 0 aromatic carbocycles. The lowest BCUT2D eigenvalue weighted by Crippen LogP contribution is -2.10. The molecule has 0 atom stereocenters. The first-order valence-electron chi connectivity index (χ1n) is 5.06. The Hall–Kier alpha value is -0.340. The molecule has 0 amide bonds. The Bertz CT molecular complexity index is 249. The maximum Gasteiger partial charge on any atom is -0.00613 e. The van der Waals surface area contributed by atoms with E-state index in [1.807, 2.05) is 0 Å². The van der Waals surface area contributed by atoms with Gasteiger partial charge in [-0.2, -0.15) is 11.3 Å². The molecule has 1 saturated carbocycles. The van der Waals surface area contributed by atoms with Gasteiger partial charge in [0.1, 0.15) is 0 Å². The number of nitrogens with two attached hydrogens (primary N) is 1. The molecule has 1 aliphatic rings. The van der Waals surface area contributed by atoms with Crippen molar-refractivity contribution in [3.05, 3.63) is 22.4 Å². The van der Waals surface area contributed by atoms with Gasteiger partial charge < -0.3 is 5.73 Å². The highest BCUT2D eigenvalue weighted by molar-refractivity contribution is 7.07. The van der Waals surface area contributed by atoms with Gasteiger partial charge in [-0.15, -0.1) is 0 Å². The van der Waals surface area contributed by atoms with Crippen LogP contribution in [0.3, 0.4) is 0 Å². The molecule has 13 heavy (non-hydrogen) atoms. The van der Waals surface area contributed by atoms with Crippen LogP contribution in [0.15, 0.2) is 16.8 Å². The molecule has 1 aromatic rings. The molecule has 0 radical (unpaired) electrons. The summed E-state index contributed by atoms with van der Waals surface area (Å²) in [7, 11) is 0. The highest BCUT2D eigenvalue weighted by Gasteiger charge is 2.40. The summed E-state index contributed by atoms with van der Waals surface area (Å²) in [5.41, 5.74) is 7.76. The Balaban J connectivity index is 1.79. The molecule has 1 nitrogen and oxygen atoms in total. The van der Waals surface area contributed by atoms with Crippen LogP contribution in [0.5, 0.6) is 0 Å². The van der Waals surface area contributed by atoms with Gasteiger partial charge in [-0.3, -0.25) is 0 Å². The van der Waals surface area contributed by atoms with E-state index in [4.69, 9.17) is 5.73 Å². The van der Waals surface area contributed by atoms with Crippen molar-refractivity contribution in [2.24, 2.45) is 11.1 Å². The third-order valence-corrected chi connectivity index (χ3v) is 3.89. The molecule has 1 aliphatic carbocycles. The number of aryl methyl sites for hydroxylation is 1. The van der Waals surface area contributed by atoms with Gasteiger partial charge in [-0.05, 0) is 66.5 Å². The van der Waals surface area contributed by atoms with E-state index >= 15 is 0 Å². The van der Waals surface area contributed by atoms with E-state index in [1.54, 1.807) is 11.3 Å². The van der Waals surface area contributed by atoms with Crippen LogP contribution in [0.1, 0.15) is 31.2 Å². The average Bonchev–Trinajstić information content (AvgIpc) is 2.71. The van der Waals surface area contributed by atoms with E-state index in [0.29, 0.717) is 5.41 Å². The SMILES string of the molecule is NCCC1(CCc2ccsc2)CC1. The summed E-state index contributed by atoms with van der Waals surface area (Å²) in [4.78, 5) is 0. The molecule has 2 N–H and O–H groups in total. The topological polar surface area (TPSA) is 26.0 Å². The van der Waals surface area contributed by atoms with Crippen LogP contribution in [0.2, 0.25) is 0 Å². The summed E-state index contributed by atoms with van der Waals surface area (Å²) in [6.45, 7) is 0.865. The lowest BCUT2D eigenvalue weighted by Gasteiger charge is -2.12. The van der Waals surface area contributed by atoms with E-state index in [-0.39, 0.29) is 0 Å². The van der Waals surface area contributed by atoms with Crippen molar-refractivity contribution < 1.29 is 0 Å². The summed E-state index contributed by atoms with van der Waals surface area (Å²) in [5.74, 6) is 0. The van der Waals surface area contributed by atoms with Crippen molar-refractivity contribution in [2.45, 2.75) is 32.1 Å². The number of rotatable bonds is 5. The van der Waals surface area contributed by atoms with Gasteiger partial charge in [0.2, 0.25) is 0 Å². The molecule has 0 unspecified atom stereocenters. The molecule has 72 valence electrons. The number of hydrogen-bond donors (Lipinski definition) is 1. The predicted molar refractivity (Wildman–Crippen MR) is 58.0 cm³/mol. The van der Waals surface area contributed by atoms with E-state index in [2.05, 4.69) is 16.8 Å². The smallest absolute Gasteiger partial charge is 0.00613 e. The highest BCUT2D eigenvalue weighted by Crippen LogP contribution is 2.52. The van der Waals surface area contributed by atoms with Gasteiger partial charge in [-0.1, -0.05) is 0 Å². The van der Waals surface area contributed by atoms with Gasteiger partial charge in [0.15, 0.2) is 0 Å². The molecule has 1 heterocycles. The fourth-order valence-corrected chi connectivity index (χ4v) is 2.66. The van der Waals surface area contributed by atoms with Crippen molar-refractivity contribution in [3.8, 4) is 0 Å². The van der Waals surface area contributed by atoms with E-state index < -0.39 is 0 Å². The minimum absolute atomic E-state index is 0.649. The Labute approximate surface area is 84.0 Å². The van der Waals surface area contributed by atoms with Crippen LogP contribution in [-0.2, 0) is 6.42 Å². The highest BCUT2D eigenvalue weighted by atomic mass is 32.1. The van der Waals surface area contributed by atoms with Gasteiger partial charge in [0.05, 0.1) is 0 Å². The minimum atomic E-state index is 0.649. The summed E-state index contributed by atoms with van der Waals surface area (Å²) >= 11 is 1.80. The molecular weight excluding hydrogens is 178 g/mol. The largest absolute Gasteiger partial charge is 0.330 e. The minimum Gasteiger partial charge on any atom is -0.330 e. The normalized spacial score (nSPS) is 18.8. The van der Waals surface area contributed by atoms with Crippen LogP contribution >= 0.6 is 11.3 Å². The van der Waals surface area contributed by atoms with Crippen molar-refractivity contribution in [2.75, 3.05) is 6.54 Å². The molecule has 0 spiro atoms. The molecule has 0 bridgehead atoms. The Morgan fingerprint density at radius 3 is 2.77 bits per heavy atom. The van der Waals surface area contributed by atoms with Crippen LogP contribution in [-0.4, -0.2) is 6.54 Å². The second kappa shape index (κ2) is 3.81. The predicted octanol–water partition coefficient (Wildman–Crippen LogP) is 2.81. The third-order valence-electron chi connectivity index (χ3n) is 3.16. The van der Waals surface area contributed by atoms with Crippen LogP contribution in [0.4, 0.5) is 0 Å². The van der Waals surface area contributed by atoms with E-state index in [1.165, 1.54) is 37.7 Å². The first-order valence-corrected chi connectivity index (χ1v) is 6.00. The average molecular weight is 195 g/mol. The molecule has 1 fully saturated rings. The first kappa shape index (κ1) is 9.22. The zero-order chi connectivity index (χ0) is 9.15. The third kappa shape index (κ3) is 2.32.